The molecule has 2 aromatic heterocycles. The standard InChI is InChI=1S/C18H15NO5S/c1-11(16-7-4-8-25-16)19-17(21)10-23-18(22)15-9-13(20)12-5-2-3-6-14(12)24-15/h2-9,11H,10H2,1H3,(H,19,21)/t11-/m1/s1. The highest BCUT2D eigenvalue weighted by molar-refractivity contribution is 7.10. The Bertz CT molecular complexity index is 961. The molecule has 7 heteroatoms. The fourth-order valence-electron chi connectivity index (χ4n) is 2.30. The van der Waals surface area contributed by atoms with E-state index in [2.05, 4.69) is 5.32 Å². The number of hydrogen-bond donors (Lipinski definition) is 1. The zero-order valence-corrected chi connectivity index (χ0v) is 14.2. The molecule has 0 fully saturated rings. The molecular formula is C18H15NO5S. The van der Waals surface area contributed by atoms with Gasteiger partial charge in [0.2, 0.25) is 5.76 Å². The van der Waals surface area contributed by atoms with Gasteiger partial charge in [-0.2, -0.15) is 0 Å². The molecule has 0 aliphatic heterocycles. The first-order valence-electron chi connectivity index (χ1n) is 7.57. The van der Waals surface area contributed by atoms with Crippen LogP contribution in [0.2, 0.25) is 0 Å². The highest BCUT2D eigenvalue weighted by atomic mass is 32.1. The summed E-state index contributed by atoms with van der Waals surface area (Å²) in [5, 5.41) is 5.02. The lowest BCUT2D eigenvalue weighted by molar-refractivity contribution is -0.124. The van der Waals surface area contributed by atoms with E-state index in [1.807, 2.05) is 24.4 Å². The number of nitrogens with one attached hydrogen (secondary N) is 1. The molecule has 0 saturated carbocycles. The Morgan fingerprint density at radius 2 is 2.04 bits per heavy atom. The Hall–Kier alpha value is -2.93. The number of carbonyl (C=O) groups excluding carboxylic acids is 2. The number of carbonyl (C=O) groups is 2. The van der Waals surface area contributed by atoms with Crippen molar-refractivity contribution in [3.05, 3.63) is 68.7 Å². The molecule has 0 bridgehead atoms. The molecular weight excluding hydrogens is 342 g/mol. The van der Waals surface area contributed by atoms with Crippen molar-refractivity contribution in [1.29, 1.82) is 0 Å². The molecule has 1 aromatic carbocycles. The van der Waals surface area contributed by atoms with Gasteiger partial charge in [0.25, 0.3) is 5.91 Å². The molecule has 1 atom stereocenters. The van der Waals surface area contributed by atoms with Gasteiger partial charge >= 0.3 is 5.97 Å². The third kappa shape index (κ3) is 3.95. The Balaban J connectivity index is 1.62. The van der Waals surface area contributed by atoms with Crippen molar-refractivity contribution in [2.24, 2.45) is 0 Å². The predicted octanol–water partition coefficient (Wildman–Crippen LogP) is 2.89. The molecule has 25 heavy (non-hydrogen) atoms. The van der Waals surface area contributed by atoms with Crippen molar-refractivity contribution in [2.45, 2.75) is 13.0 Å². The summed E-state index contributed by atoms with van der Waals surface area (Å²) in [7, 11) is 0. The molecule has 3 rings (SSSR count). The molecule has 0 unspecified atom stereocenters. The van der Waals surface area contributed by atoms with Crippen molar-refractivity contribution < 1.29 is 18.7 Å². The Morgan fingerprint density at radius 3 is 2.80 bits per heavy atom. The Kier molecular flexibility index (Phi) is 4.95. The quantitative estimate of drug-likeness (QED) is 0.710. The van der Waals surface area contributed by atoms with Gasteiger partial charge in [0.15, 0.2) is 12.0 Å². The minimum Gasteiger partial charge on any atom is -0.450 e. The van der Waals surface area contributed by atoms with E-state index in [1.54, 1.807) is 24.3 Å². The van der Waals surface area contributed by atoms with E-state index >= 15 is 0 Å². The number of fused-ring (bicyclic) bond motifs is 1. The van der Waals surface area contributed by atoms with Crippen LogP contribution < -0.4 is 10.7 Å². The molecule has 1 N–H and O–H groups in total. The number of ether oxygens (including phenoxy) is 1. The maximum absolute atomic E-state index is 12.0. The minimum atomic E-state index is -0.859. The summed E-state index contributed by atoms with van der Waals surface area (Å²) < 4.78 is 10.3. The zero-order valence-electron chi connectivity index (χ0n) is 13.4. The van der Waals surface area contributed by atoms with Gasteiger partial charge in [-0.25, -0.2) is 4.79 Å². The van der Waals surface area contributed by atoms with E-state index in [-0.39, 0.29) is 22.8 Å². The van der Waals surface area contributed by atoms with Crippen molar-refractivity contribution in [3.8, 4) is 0 Å². The average Bonchev–Trinajstić information content (AvgIpc) is 3.14. The minimum absolute atomic E-state index is 0.176. The van der Waals surface area contributed by atoms with Crippen molar-refractivity contribution in [3.63, 3.8) is 0 Å². The smallest absolute Gasteiger partial charge is 0.374 e. The lowest BCUT2D eigenvalue weighted by Crippen LogP contribution is -2.30. The van der Waals surface area contributed by atoms with E-state index in [4.69, 9.17) is 9.15 Å². The van der Waals surface area contributed by atoms with Crippen LogP contribution in [0.3, 0.4) is 0 Å². The van der Waals surface area contributed by atoms with Crippen LogP contribution >= 0.6 is 11.3 Å². The molecule has 3 aromatic rings. The monoisotopic (exact) mass is 357 g/mol. The normalized spacial score (nSPS) is 11.9. The second kappa shape index (κ2) is 7.31. The largest absolute Gasteiger partial charge is 0.450 e. The van der Waals surface area contributed by atoms with E-state index in [0.29, 0.717) is 5.39 Å². The SMILES string of the molecule is C[C@@H](NC(=O)COC(=O)c1cc(=O)c2ccccc2o1)c1cccs1. The van der Waals surface area contributed by atoms with E-state index < -0.39 is 18.5 Å². The van der Waals surface area contributed by atoms with Gasteiger partial charge in [0.05, 0.1) is 11.4 Å². The zero-order chi connectivity index (χ0) is 17.8. The van der Waals surface area contributed by atoms with Crippen LogP contribution in [0.4, 0.5) is 0 Å². The molecule has 128 valence electrons. The fourth-order valence-corrected chi connectivity index (χ4v) is 3.03. The van der Waals surface area contributed by atoms with E-state index in [9.17, 15) is 14.4 Å². The molecule has 0 aliphatic carbocycles. The van der Waals surface area contributed by atoms with Gasteiger partial charge < -0.3 is 14.5 Å². The summed E-state index contributed by atoms with van der Waals surface area (Å²) in [6.45, 7) is 1.39. The van der Waals surface area contributed by atoms with Crippen LogP contribution in [-0.2, 0) is 9.53 Å². The maximum atomic E-state index is 12.0. The van der Waals surface area contributed by atoms with Gasteiger partial charge in [0, 0.05) is 10.9 Å². The van der Waals surface area contributed by atoms with E-state index in [0.717, 1.165) is 10.9 Å². The summed E-state index contributed by atoms with van der Waals surface area (Å²) in [5.41, 5.74) is -0.0534. The van der Waals surface area contributed by atoms with Crippen LogP contribution in [0.15, 0.2) is 57.1 Å². The van der Waals surface area contributed by atoms with Crippen LogP contribution in [0, 0.1) is 0 Å². The first kappa shape index (κ1) is 16.9. The summed E-state index contributed by atoms with van der Waals surface area (Å²) in [6, 6.07) is 11.3. The molecule has 0 aliphatic rings. The molecule has 0 spiro atoms. The molecule has 6 nitrogen and oxygen atoms in total. The fraction of sp³-hybridized carbons (Fsp3) is 0.167. The first-order valence-corrected chi connectivity index (χ1v) is 8.45. The number of benzene rings is 1. The highest BCUT2D eigenvalue weighted by Gasteiger charge is 2.16. The summed E-state index contributed by atoms with van der Waals surface area (Å²) in [4.78, 5) is 36.9. The average molecular weight is 357 g/mol. The van der Waals surface area contributed by atoms with Gasteiger partial charge in [-0.1, -0.05) is 18.2 Å². The third-order valence-electron chi connectivity index (χ3n) is 3.52. The van der Waals surface area contributed by atoms with Crippen LogP contribution in [0.5, 0.6) is 0 Å². The number of thiophene rings is 1. The van der Waals surface area contributed by atoms with Gasteiger partial charge in [-0.3, -0.25) is 9.59 Å². The molecule has 2 heterocycles. The van der Waals surface area contributed by atoms with Crippen molar-refractivity contribution in [1.82, 2.24) is 5.32 Å². The Morgan fingerprint density at radius 1 is 1.24 bits per heavy atom. The number of para-hydroxylation sites is 1. The molecule has 0 radical (unpaired) electrons. The summed E-state index contributed by atoms with van der Waals surface area (Å²) >= 11 is 1.52. The van der Waals surface area contributed by atoms with Crippen LogP contribution in [0.1, 0.15) is 28.4 Å². The summed E-state index contributed by atoms with van der Waals surface area (Å²) in [6.07, 6.45) is 0. The van der Waals surface area contributed by atoms with Crippen molar-refractivity contribution in [2.75, 3.05) is 6.61 Å². The Labute approximate surface area is 147 Å². The number of esters is 1. The van der Waals surface area contributed by atoms with Crippen molar-refractivity contribution >= 4 is 34.2 Å². The molecule has 0 saturated heterocycles. The van der Waals surface area contributed by atoms with Crippen LogP contribution in [-0.4, -0.2) is 18.5 Å². The van der Waals surface area contributed by atoms with Gasteiger partial charge in [0.1, 0.15) is 5.58 Å². The van der Waals surface area contributed by atoms with E-state index in [1.165, 1.54) is 11.3 Å². The predicted molar refractivity (Wildman–Crippen MR) is 93.6 cm³/mol. The second-order valence-electron chi connectivity index (χ2n) is 5.35. The summed E-state index contributed by atoms with van der Waals surface area (Å²) in [5.74, 6) is -1.53. The molecule has 1 amide bonds. The van der Waals surface area contributed by atoms with Gasteiger partial charge in [-0.15, -0.1) is 11.3 Å². The second-order valence-corrected chi connectivity index (χ2v) is 6.33. The van der Waals surface area contributed by atoms with Gasteiger partial charge in [-0.05, 0) is 30.5 Å². The lowest BCUT2D eigenvalue weighted by atomic mass is 10.2. The van der Waals surface area contributed by atoms with Crippen LogP contribution in [0.25, 0.3) is 11.0 Å². The number of hydrogen-bond acceptors (Lipinski definition) is 6. The number of amides is 1. The lowest BCUT2D eigenvalue weighted by Gasteiger charge is -2.12. The first-order chi connectivity index (χ1) is 12.0. The third-order valence-corrected chi connectivity index (χ3v) is 4.57. The number of rotatable bonds is 5. The topological polar surface area (TPSA) is 85.6 Å². The highest BCUT2D eigenvalue weighted by Crippen LogP contribution is 2.18. The maximum Gasteiger partial charge on any atom is 0.374 e.